The van der Waals surface area contributed by atoms with Gasteiger partial charge in [0.05, 0.1) is 11.4 Å². The second-order valence-corrected chi connectivity index (χ2v) is 4.40. The van der Waals surface area contributed by atoms with Crippen LogP contribution in [0.1, 0.15) is 24.5 Å². The lowest BCUT2D eigenvalue weighted by Gasteiger charge is -2.21. The fourth-order valence-electron chi connectivity index (χ4n) is 2.07. The van der Waals surface area contributed by atoms with Crippen LogP contribution in [0.4, 0.5) is 11.4 Å². The zero-order valence-corrected chi connectivity index (χ0v) is 10.1. The van der Waals surface area contributed by atoms with E-state index in [0.29, 0.717) is 0 Å². The molecular weight excluding hydrogens is 200 g/mol. The van der Waals surface area contributed by atoms with Crippen LogP contribution in [0.5, 0.6) is 0 Å². The van der Waals surface area contributed by atoms with E-state index >= 15 is 0 Å². The quantitative estimate of drug-likeness (QED) is 0.725. The van der Waals surface area contributed by atoms with Crippen molar-refractivity contribution in [2.45, 2.75) is 27.2 Å². The fourth-order valence-corrected chi connectivity index (χ4v) is 2.07. The van der Waals surface area contributed by atoms with Crippen LogP contribution in [0.25, 0.3) is 0 Å². The summed E-state index contributed by atoms with van der Waals surface area (Å²) in [6.07, 6.45) is 0.992. The molecule has 3 heteroatoms. The number of rotatable bonds is 0. The molecule has 16 heavy (non-hydrogen) atoms. The Labute approximate surface area is 96.5 Å². The largest absolute Gasteiger partial charge is 0.383 e. The average molecular weight is 218 g/mol. The Kier molecular flexibility index (Phi) is 2.86. The van der Waals surface area contributed by atoms with Gasteiger partial charge in [-0.3, -0.25) is 4.79 Å². The minimum absolute atomic E-state index is 0.119. The molecule has 1 aliphatic rings. The summed E-state index contributed by atoms with van der Waals surface area (Å²) in [5.74, 6) is 0.119. The molecule has 0 aliphatic carbocycles. The number of hydrogen-bond donors (Lipinski definition) is 1. The second-order valence-electron chi connectivity index (χ2n) is 4.40. The van der Waals surface area contributed by atoms with E-state index in [1.807, 2.05) is 4.90 Å². The number of fused-ring (bicyclic) bond motifs is 1. The van der Waals surface area contributed by atoms with Crippen LogP contribution in [0.15, 0.2) is 12.1 Å². The maximum atomic E-state index is 11.6. The van der Waals surface area contributed by atoms with Crippen LogP contribution in [0.3, 0.4) is 0 Å². The van der Waals surface area contributed by atoms with Gasteiger partial charge in [-0.15, -0.1) is 0 Å². The normalized spacial score (nSPS) is 15.1. The molecule has 1 aromatic carbocycles. The first-order valence-corrected chi connectivity index (χ1v) is 5.73. The van der Waals surface area contributed by atoms with E-state index in [4.69, 9.17) is 0 Å². The lowest BCUT2D eigenvalue weighted by molar-refractivity contribution is -0.116. The minimum atomic E-state index is 0.119. The van der Waals surface area contributed by atoms with Gasteiger partial charge in [-0.05, 0) is 43.5 Å². The predicted molar refractivity (Wildman–Crippen MR) is 67.0 cm³/mol. The highest BCUT2D eigenvalue weighted by atomic mass is 16.2. The maximum Gasteiger partial charge on any atom is 0.223 e. The van der Waals surface area contributed by atoms with E-state index in [-0.39, 0.29) is 5.91 Å². The second kappa shape index (κ2) is 4.16. The minimum Gasteiger partial charge on any atom is -0.383 e. The van der Waals surface area contributed by atoms with Gasteiger partial charge < -0.3 is 10.2 Å². The topological polar surface area (TPSA) is 32.3 Å². The van der Waals surface area contributed by atoms with Crippen molar-refractivity contribution in [3.8, 4) is 0 Å². The van der Waals surface area contributed by atoms with Gasteiger partial charge in [0.15, 0.2) is 0 Å². The van der Waals surface area contributed by atoms with Crippen LogP contribution in [-0.2, 0) is 4.79 Å². The van der Waals surface area contributed by atoms with Crippen LogP contribution in [-0.4, -0.2) is 19.0 Å². The predicted octanol–water partition coefficient (Wildman–Crippen LogP) is 2.47. The zero-order chi connectivity index (χ0) is 11.7. The number of benzene rings is 1. The first kappa shape index (κ1) is 11.0. The third-order valence-electron chi connectivity index (χ3n) is 3.16. The van der Waals surface area contributed by atoms with E-state index in [1.54, 1.807) is 6.92 Å². The average Bonchev–Trinajstić information content (AvgIpc) is 2.41. The Morgan fingerprint density at radius 2 is 2.00 bits per heavy atom. The number of anilines is 2. The van der Waals surface area contributed by atoms with Crippen LogP contribution in [0.2, 0.25) is 0 Å². The van der Waals surface area contributed by atoms with E-state index < -0.39 is 0 Å². The highest BCUT2D eigenvalue weighted by Crippen LogP contribution is 2.31. The van der Waals surface area contributed by atoms with Gasteiger partial charge in [0.2, 0.25) is 5.91 Å². The molecule has 0 aromatic heterocycles. The van der Waals surface area contributed by atoms with Crippen LogP contribution < -0.4 is 10.2 Å². The van der Waals surface area contributed by atoms with E-state index in [2.05, 4.69) is 31.3 Å². The standard InChI is InChI=1S/C13H18N2O/c1-9-7-12-13(8-10(9)2)15(11(3)16)6-4-5-14-12/h7-8,14H,4-6H2,1-3H3. The van der Waals surface area contributed by atoms with Crippen molar-refractivity contribution in [1.82, 2.24) is 0 Å². The fraction of sp³-hybridized carbons (Fsp3) is 0.462. The van der Waals surface area contributed by atoms with Crippen molar-refractivity contribution < 1.29 is 4.79 Å². The molecule has 86 valence electrons. The first-order chi connectivity index (χ1) is 7.59. The van der Waals surface area contributed by atoms with Crippen molar-refractivity contribution in [3.63, 3.8) is 0 Å². The number of carbonyl (C=O) groups excluding carboxylic acids is 1. The summed E-state index contributed by atoms with van der Waals surface area (Å²) in [7, 11) is 0. The first-order valence-electron chi connectivity index (χ1n) is 5.73. The smallest absolute Gasteiger partial charge is 0.223 e. The molecule has 1 amide bonds. The SMILES string of the molecule is CC(=O)N1CCCNc2cc(C)c(C)cc21. The molecular formula is C13H18N2O. The van der Waals surface area contributed by atoms with Gasteiger partial charge in [0.25, 0.3) is 0 Å². The van der Waals surface area contributed by atoms with Gasteiger partial charge in [-0.1, -0.05) is 0 Å². The Morgan fingerprint density at radius 3 is 2.69 bits per heavy atom. The molecule has 1 aromatic rings. The number of aryl methyl sites for hydroxylation is 2. The van der Waals surface area contributed by atoms with Gasteiger partial charge in [-0.25, -0.2) is 0 Å². The van der Waals surface area contributed by atoms with E-state index in [9.17, 15) is 4.79 Å². The number of hydrogen-bond acceptors (Lipinski definition) is 2. The Hall–Kier alpha value is -1.51. The van der Waals surface area contributed by atoms with Crippen LogP contribution >= 0.6 is 0 Å². The number of nitrogens with zero attached hydrogens (tertiary/aromatic N) is 1. The summed E-state index contributed by atoms with van der Waals surface area (Å²) < 4.78 is 0. The highest BCUT2D eigenvalue weighted by molar-refractivity contribution is 5.95. The number of carbonyl (C=O) groups is 1. The van der Waals surface area contributed by atoms with Crippen molar-refractivity contribution in [1.29, 1.82) is 0 Å². The molecule has 3 nitrogen and oxygen atoms in total. The summed E-state index contributed by atoms with van der Waals surface area (Å²) >= 11 is 0. The summed E-state index contributed by atoms with van der Waals surface area (Å²) in [4.78, 5) is 13.5. The lowest BCUT2D eigenvalue weighted by Crippen LogP contribution is -2.29. The van der Waals surface area contributed by atoms with E-state index in [0.717, 1.165) is 30.9 Å². The monoisotopic (exact) mass is 218 g/mol. The molecule has 0 spiro atoms. The molecule has 0 unspecified atom stereocenters. The van der Waals surface area contributed by atoms with Crippen LogP contribution in [0, 0.1) is 13.8 Å². The van der Waals surface area contributed by atoms with Crippen molar-refractivity contribution in [2.75, 3.05) is 23.3 Å². The van der Waals surface area contributed by atoms with Crippen molar-refractivity contribution in [2.24, 2.45) is 0 Å². The summed E-state index contributed by atoms with van der Waals surface area (Å²) in [6, 6.07) is 4.23. The van der Waals surface area contributed by atoms with Gasteiger partial charge in [-0.2, -0.15) is 0 Å². The summed E-state index contributed by atoms with van der Waals surface area (Å²) in [6.45, 7) is 7.54. The highest BCUT2D eigenvalue weighted by Gasteiger charge is 2.18. The summed E-state index contributed by atoms with van der Waals surface area (Å²) in [5, 5.41) is 3.38. The molecule has 1 N–H and O–H groups in total. The third kappa shape index (κ3) is 1.90. The Morgan fingerprint density at radius 1 is 1.31 bits per heavy atom. The molecule has 2 rings (SSSR count). The van der Waals surface area contributed by atoms with Gasteiger partial charge in [0.1, 0.15) is 0 Å². The molecule has 0 saturated heterocycles. The number of amides is 1. The van der Waals surface area contributed by atoms with Crippen molar-refractivity contribution in [3.05, 3.63) is 23.3 Å². The number of nitrogens with one attached hydrogen (secondary N) is 1. The van der Waals surface area contributed by atoms with Gasteiger partial charge in [0, 0.05) is 20.0 Å². The maximum absolute atomic E-state index is 11.6. The summed E-state index contributed by atoms with van der Waals surface area (Å²) in [5.41, 5.74) is 4.59. The van der Waals surface area contributed by atoms with Crippen molar-refractivity contribution >= 4 is 17.3 Å². The molecule has 0 saturated carbocycles. The molecule has 0 radical (unpaired) electrons. The zero-order valence-electron chi connectivity index (χ0n) is 10.1. The Balaban J connectivity index is 2.52. The van der Waals surface area contributed by atoms with E-state index in [1.165, 1.54) is 11.1 Å². The molecule has 0 fully saturated rings. The molecule has 1 heterocycles. The molecule has 0 atom stereocenters. The third-order valence-corrected chi connectivity index (χ3v) is 3.16. The van der Waals surface area contributed by atoms with Gasteiger partial charge >= 0.3 is 0 Å². The Bertz CT molecular complexity index is 426. The molecule has 0 bridgehead atoms. The molecule has 1 aliphatic heterocycles. The lowest BCUT2D eigenvalue weighted by atomic mass is 10.1.